The highest BCUT2D eigenvalue weighted by molar-refractivity contribution is 5.88. The van der Waals surface area contributed by atoms with Crippen LogP contribution in [0.2, 0.25) is 0 Å². The lowest BCUT2D eigenvalue weighted by Crippen LogP contribution is -2.21. The number of rotatable bonds is 11. The summed E-state index contributed by atoms with van der Waals surface area (Å²) in [7, 11) is 1.58. The number of hydrogen-bond acceptors (Lipinski definition) is 8. The lowest BCUT2D eigenvalue weighted by molar-refractivity contribution is 0.0701. The van der Waals surface area contributed by atoms with Gasteiger partial charge in [-0.3, -0.25) is 0 Å². The third kappa shape index (κ3) is 5.89. The molecule has 192 valence electrons. The van der Waals surface area contributed by atoms with E-state index in [1.54, 1.807) is 31.4 Å². The molecule has 8 nitrogen and oxygen atoms in total. The smallest absolute Gasteiger partial charge is 0.379 e. The van der Waals surface area contributed by atoms with E-state index >= 15 is 0 Å². The van der Waals surface area contributed by atoms with Crippen molar-refractivity contribution in [2.45, 2.75) is 44.9 Å². The van der Waals surface area contributed by atoms with E-state index in [4.69, 9.17) is 29.1 Å². The van der Waals surface area contributed by atoms with Crippen molar-refractivity contribution in [3.8, 4) is 29.1 Å². The Kier molecular flexibility index (Phi) is 8.37. The molecule has 2 aromatic carbocycles. The van der Waals surface area contributed by atoms with Crippen LogP contribution in [0.25, 0.3) is 0 Å². The molecule has 1 atom stereocenters. The molecule has 2 N–H and O–H groups in total. The lowest BCUT2D eigenvalue weighted by Gasteiger charge is -2.27. The number of nitriles is 1. The standard InChI is InChI=1S/C29H30N2O6/c1-3-4-5-6-7-14-34-23-13-10-19(16-26(23)33-2)27-21-12-11-20(36-29(32)24-9-8-15-35-24)17-25(21)37-28(31)22(27)18-30/h8-13,15-17,27H,3-7,14,31H2,1-2H3. The minimum Gasteiger partial charge on any atom is -0.493 e. The van der Waals surface area contributed by atoms with Gasteiger partial charge in [0.2, 0.25) is 11.6 Å². The predicted molar refractivity (Wildman–Crippen MR) is 137 cm³/mol. The molecule has 8 heteroatoms. The van der Waals surface area contributed by atoms with E-state index in [2.05, 4.69) is 13.0 Å². The first-order chi connectivity index (χ1) is 18.0. The van der Waals surface area contributed by atoms with Crippen LogP contribution in [0, 0.1) is 11.3 Å². The van der Waals surface area contributed by atoms with Crippen molar-refractivity contribution in [1.82, 2.24) is 0 Å². The first-order valence-electron chi connectivity index (χ1n) is 12.3. The molecular formula is C29H30N2O6. The maximum atomic E-state index is 12.3. The van der Waals surface area contributed by atoms with Crippen LogP contribution in [0.3, 0.4) is 0 Å². The van der Waals surface area contributed by atoms with Crippen LogP contribution >= 0.6 is 0 Å². The highest BCUT2D eigenvalue weighted by Crippen LogP contribution is 2.45. The second-order valence-electron chi connectivity index (χ2n) is 8.66. The zero-order valence-electron chi connectivity index (χ0n) is 21.0. The zero-order valence-corrected chi connectivity index (χ0v) is 21.0. The quantitative estimate of drug-likeness (QED) is 0.191. The first-order valence-corrected chi connectivity index (χ1v) is 12.3. The number of nitrogens with two attached hydrogens (primary N) is 1. The van der Waals surface area contributed by atoms with E-state index in [0.717, 1.165) is 18.4 Å². The molecule has 0 bridgehead atoms. The number of furan rings is 1. The molecule has 4 rings (SSSR count). The predicted octanol–water partition coefficient (Wildman–Crippen LogP) is 6.07. The molecular weight excluding hydrogens is 472 g/mol. The number of esters is 1. The first kappa shape index (κ1) is 25.7. The van der Waals surface area contributed by atoms with E-state index < -0.39 is 11.9 Å². The largest absolute Gasteiger partial charge is 0.493 e. The Morgan fingerprint density at radius 2 is 1.92 bits per heavy atom. The average Bonchev–Trinajstić information content (AvgIpc) is 3.45. The van der Waals surface area contributed by atoms with Crippen LogP contribution in [0.5, 0.6) is 23.0 Å². The molecule has 0 saturated heterocycles. The van der Waals surface area contributed by atoms with Gasteiger partial charge in [-0.25, -0.2) is 4.79 Å². The summed E-state index contributed by atoms with van der Waals surface area (Å²) in [6.07, 6.45) is 7.13. The highest BCUT2D eigenvalue weighted by Gasteiger charge is 2.32. The summed E-state index contributed by atoms with van der Waals surface area (Å²) in [6, 6.07) is 15.8. The Bertz CT molecular complexity index is 1310. The van der Waals surface area contributed by atoms with E-state index in [9.17, 15) is 10.1 Å². The number of fused-ring (bicyclic) bond motifs is 1. The van der Waals surface area contributed by atoms with Crippen LogP contribution in [0.1, 0.15) is 66.6 Å². The second-order valence-corrected chi connectivity index (χ2v) is 8.66. The van der Waals surface area contributed by atoms with Gasteiger partial charge in [-0.15, -0.1) is 0 Å². The maximum absolute atomic E-state index is 12.3. The molecule has 37 heavy (non-hydrogen) atoms. The number of carbonyl (C=O) groups excluding carboxylic acids is 1. The monoisotopic (exact) mass is 502 g/mol. The Hall–Kier alpha value is -4.38. The van der Waals surface area contributed by atoms with Crippen molar-refractivity contribution in [2.75, 3.05) is 13.7 Å². The summed E-state index contributed by atoms with van der Waals surface area (Å²) >= 11 is 0. The molecule has 1 aliphatic rings. The van der Waals surface area contributed by atoms with Crippen LogP contribution in [0.4, 0.5) is 0 Å². The number of benzene rings is 2. The zero-order chi connectivity index (χ0) is 26.2. The minimum atomic E-state index is -0.635. The summed E-state index contributed by atoms with van der Waals surface area (Å²) in [6.45, 7) is 2.80. The molecule has 0 spiro atoms. The SMILES string of the molecule is CCCCCCCOc1ccc(C2C(C#N)=C(N)Oc3cc(OC(=O)c4ccco4)ccc32)cc1OC. The molecule has 0 amide bonds. The van der Waals surface area contributed by atoms with Crippen LogP contribution in [-0.4, -0.2) is 19.7 Å². The Morgan fingerprint density at radius 3 is 2.65 bits per heavy atom. The van der Waals surface area contributed by atoms with E-state index in [0.29, 0.717) is 29.4 Å². The van der Waals surface area contributed by atoms with Crippen molar-refractivity contribution >= 4 is 5.97 Å². The van der Waals surface area contributed by atoms with E-state index in [1.165, 1.54) is 31.6 Å². The lowest BCUT2D eigenvalue weighted by atomic mass is 9.83. The average molecular weight is 503 g/mol. The van der Waals surface area contributed by atoms with Gasteiger partial charge in [0.05, 0.1) is 25.9 Å². The molecule has 0 aliphatic carbocycles. The van der Waals surface area contributed by atoms with Gasteiger partial charge in [-0.2, -0.15) is 5.26 Å². The van der Waals surface area contributed by atoms with Crippen LogP contribution in [-0.2, 0) is 0 Å². The molecule has 0 fully saturated rings. The molecule has 0 saturated carbocycles. The Morgan fingerprint density at radius 1 is 1.08 bits per heavy atom. The fraction of sp³-hybridized carbons (Fsp3) is 0.310. The van der Waals surface area contributed by atoms with Gasteiger partial charge in [-0.1, -0.05) is 44.7 Å². The molecule has 1 aromatic heterocycles. The fourth-order valence-electron chi connectivity index (χ4n) is 4.26. The summed E-state index contributed by atoms with van der Waals surface area (Å²) in [4.78, 5) is 12.3. The van der Waals surface area contributed by atoms with Gasteiger partial charge in [0.1, 0.15) is 23.1 Å². The van der Waals surface area contributed by atoms with Gasteiger partial charge >= 0.3 is 5.97 Å². The summed E-state index contributed by atoms with van der Waals surface area (Å²) in [5.74, 6) is 0.789. The fourth-order valence-corrected chi connectivity index (χ4v) is 4.26. The Balaban J connectivity index is 1.57. The number of hydrogen-bond donors (Lipinski definition) is 1. The van der Waals surface area contributed by atoms with Gasteiger partial charge < -0.3 is 29.1 Å². The maximum Gasteiger partial charge on any atom is 0.379 e. The number of methoxy groups -OCH3 is 1. The molecule has 1 aliphatic heterocycles. The van der Waals surface area contributed by atoms with Crippen molar-refractivity contribution in [1.29, 1.82) is 5.26 Å². The number of carbonyl (C=O) groups is 1. The van der Waals surface area contributed by atoms with Gasteiger partial charge in [-0.05, 0) is 42.3 Å². The van der Waals surface area contributed by atoms with E-state index in [1.807, 2.05) is 18.2 Å². The van der Waals surface area contributed by atoms with E-state index in [-0.39, 0.29) is 23.0 Å². The highest BCUT2D eigenvalue weighted by atomic mass is 16.5. The summed E-state index contributed by atoms with van der Waals surface area (Å²) < 4.78 is 27.8. The number of nitrogens with zero attached hydrogens (tertiary/aromatic N) is 1. The van der Waals surface area contributed by atoms with Crippen molar-refractivity contribution in [3.63, 3.8) is 0 Å². The molecule has 1 unspecified atom stereocenters. The molecule has 2 heterocycles. The van der Waals surface area contributed by atoms with Crippen LogP contribution in [0.15, 0.2) is 70.7 Å². The van der Waals surface area contributed by atoms with Gasteiger partial charge in [0.15, 0.2) is 11.5 Å². The van der Waals surface area contributed by atoms with Gasteiger partial charge in [0, 0.05) is 11.6 Å². The van der Waals surface area contributed by atoms with Crippen molar-refractivity contribution in [2.24, 2.45) is 5.73 Å². The number of unbranched alkanes of at least 4 members (excludes halogenated alkanes) is 4. The Labute approximate surface area is 216 Å². The third-order valence-electron chi connectivity index (χ3n) is 6.15. The molecule has 3 aromatic rings. The van der Waals surface area contributed by atoms with Gasteiger partial charge in [0.25, 0.3) is 0 Å². The topological polar surface area (TPSA) is 117 Å². The second kappa shape index (κ2) is 12.0. The summed E-state index contributed by atoms with van der Waals surface area (Å²) in [5.41, 5.74) is 7.90. The normalized spacial score (nSPS) is 14.4. The summed E-state index contributed by atoms with van der Waals surface area (Å²) in [5, 5.41) is 9.88. The minimum absolute atomic E-state index is 0.0131. The van der Waals surface area contributed by atoms with Crippen molar-refractivity contribution < 1.29 is 28.2 Å². The number of ether oxygens (including phenoxy) is 4. The third-order valence-corrected chi connectivity index (χ3v) is 6.15. The number of allylic oxidation sites excluding steroid dienone is 1. The van der Waals surface area contributed by atoms with Crippen LogP contribution < -0.4 is 24.7 Å². The molecule has 0 radical (unpaired) electrons. The van der Waals surface area contributed by atoms with Crippen molar-refractivity contribution in [3.05, 3.63) is 83.1 Å².